The third-order valence-electron chi connectivity index (χ3n) is 3.29. The molecule has 1 aromatic rings. The van der Waals surface area contributed by atoms with Crippen molar-refractivity contribution in [3.05, 3.63) is 29.8 Å². The maximum atomic E-state index is 13.1. The third-order valence-corrected chi connectivity index (χ3v) is 3.29. The summed E-state index contributed by atoms with van der Waals surface area (Å²) in [6.07, 6.45) is -4.61. The molecule has 1 heterocycles. The fourth-order valence-electron chi connectivity index (χ4n) is 2.30. The molecule has 1 N–H and O–H groups in total. The Morgan fingerprint density at radius 2 is 1.81 bits per heavy atom. The van der Waals surface area contributed by atoms with Crippen molar-refractivity contribution < 1.29 is 22.8 Å². The Morgan fingerprint density at radius 3 is 2.43 bits per heavy atom. The maximum Gasteiger partial charge on any atom is 0.418 e. The van der Waals surface area contributed by atoms with Gasteiger partial charge in [0.15, 0.2) is 0 Å². The first-order chi connectivity index (χ1) is 9.63. The van der Waals surface area contributed by atoms with Crippen molar-refractivity contribution in [3.63, 3.8) is 0 Å². The molecule has 1 aromatic carbocycles. The highest BCUT2D eigenvalue weighted by molar-refractivity contribution is 6.04. The van der Waals surface area contributed by atoms with Gasteiger partial charge >= 0.3 is 6.18 Å². The van der Waals surface area contributed by atoms with Gasteiger partial charge in [0.1, 0.15) is 5.54 Å². The van der Waals surface area contributed by atoms with E-state index in [0.29, 0.717) is 0 Å². The summed E-state index contributed by atoms with van der Waals surface area (Å²) in [5.41, 5.74) is -2.35. The second kappa shape index (κ2) is 5.05. The molecule has 0 saturated carbocycles. The zero-order valence-corrected chi connectivity index (χ0v) is 11.6. The maximum absolute atomic E-state index is 13.1. The fourth-order valence-corrected chi connectivity index (χ4v) is 2.30. The summed E-state index contributed by atoms with van der Waals surface area (Å²) in [6.45, 7) is 2.87. The van der Waals surface area contributed by atoms with Gasteiger partial charge in [-0.25, -0.2) is 0 Å². The molecular formula is C14H15F3N2O2. The normalized spacial score (nSPS) is 19.2. The van der Waals surface area contributed by atoms with Crippen LogP contribution in [0.4, 0.5) is 18.9 Å². The van der Waals surface area contributed by atoms with E-state index in [1.165, 1.54) is 32.0 Å². The van der Waals surface area contributed by atoms with Gasteiger partial charge in [-0.15, -0.1) is 0 Å². The van der Waals surface area contributed by atoms with Crippen molar-refractivity contribution in [2.24, 2.45) is 0 Å². The Morgan fingerprint density at radius 1 is 1.19 bits per heavy atom. The molecule has 1 fully saturated rings. The number of anilines is 1. The number of amides is 2. The SMILES string of the molecule is CC1(C)NC(=O)CCN(c2ccccc2C(F)(F)F)C1=O. The van der Waals surface area contributed by atoms with E-state index < -0.39 is 23.2 Å². The highest BCUT2D eigenvalue weighted by Gasteiger charge is 2.41. The first-order valence-corrected chi connectivity index (χ1v) is 6.42. The largest absolute Gasteiger partial charge is 0.418 e. The molecule has 21 heavy (non-hydrogen) atoms. The number of rotatable bonds is 1. The van der Waals surface area contributed by atoms with Crippen molar-refractivity contribution in [1.29, 1.82) is 0 Å². The summed E-state index contributed by atoms with van der Waals surface area (Å²) in [4.78, 5) is 25.1. The van der Waals surface area contributed by atoms with Crippen LogP contribution in [0.5, 0.6) is 0 Å². The van der Waals surface area contributed by atoms with Gasteiger partial charge in [0.05, 0.1) is 11.3 Å². The van der Waals surface area contributed by atoms with E-state index in [2.05, 4.69) is 5.32 Å². The topological polar surface area (TPSA) is 49.4 Å². The molecule has 0 atom stereocenters. The van der Waals surface area contributed by atoms with Gasteiger partial charge < -0.3 is 10.2 Å². The number of halogens is 3. The molecule has 0 radical (unpaired) electrons. The number of nitrogens with one attached hydrogen (secondary N) is 1. The molecule has 0 bridgehead atoms. The zero-order valence-electron chi connectivity index (χ0n) is 11.6. The standard InChI is InChI=1S/C14H15F3N2O2/c1-13(2)12(21)19(8-7-11(20)18-13)10-6-4-3-5-9(10)14(15,16)17/h3-6H,7-8H2,1-2H3,(H,18,20). The molecule has 0 unspecified atom stereocenters. The van der Waals surface area contributed by atoms with Gasteiger partial charge in [-0.2, -0.15) is 13.2 Å². The molecule has 1 aliphatic heterocycles. The van der Waals surface area contributed by atoms with Crippen molar-refractivity contribution in [2.45, 2.75) is 32.0 Å². The highest BCUT2D eigenvalue weighted by atomic mass is 19.4. The van der Waals surface area contributed by atoms with E-state index in [4.69, 9.17) is 0 Å². The van der Waals surface area contributed by atoms with Gasteiger partial charge in [-0.05, 0) is 26.0 Å². The summed E-state index contributed by atoms with van der Waals surface area (Å²) in [6, 6.07) is 4.87. The quantitative estimate of drug-likeness (QED) is 0.865. The number of benzene rings is 1. The fraction of sp³-hybridized carbons (Fsp3) is 0.429. The average molecular weight is 300 g/mol. The molecule has 4 nitrogen and oxygen atoms in total. The van der Waals surface area contributed by atoms with E-state index in [-0.39, 0.29) is 24.6 Å². The van der Waals surface area contributed by atoms with Crippen LogP contribution in [0.15, 0.2) is 24.3 Å². The first-order valence-electron chi connectivity index (χ1n) is 6.42. The van der Waals surface area contributed by atoms with Crippen LogP contribution >= 0.6 is 0 Å². The van der Waals surface area contributed by atoms with Crippen molar-refractivity contribution in [2.75, 3.05) is 11.4 Å². The Balaban J connectivity index is 2.50. The Hall–Kier alpha value is -2.05. The number of hydrogen-bond acceptors (Lipinski definition) is 2. The van der Waals surface area contributed by atoms with Crippen LogP contribution in [0.1, 0.15) is 25.8 Å². The van der Waals surface area contributed by atoms with Crippen LogP contribution in [0, 0.1) is 0 Å². The van der Waals surface area contributed by atoms with Crippen LogP contribution in [0.2, 0.25) is 0 Å². The third kappa shape index (κ3) is 3.01. The zero-order chi connectivity index (χ0) is 15.8. The molecule has 2 amide bonds. The lowest BCUT2D eigenvalue weighted by Crippen LogP contribution is -2.53. The lowest BCUT2D eigenvalue weighted by Gasteiger charge is -2.30. The molecule has 0 aliphatic carbocycles. The summed E-state index contributed by atoms with van der Waals surface area (Å²) in [5, 5.41) is 2.51. The van der Waals surface area contributed by atoms with Crippen LogP contribution < -0.4 is 10.2 Å². The lowest BCUT2D eigenvalue weighted by atomic mass is 10.0. The lowest BCUT2D eigenvalue weighted by molar-refractivity contribution is -0.137. The van der Waals surface area contributed by atoms with Crippen LogP contribution in [-0.2, 0) is 15.8 Å². The highest BCUT2D eigenvalue weighted by Crippen LogP contribution is 2.37. The minimum absolute atomic E-state index is 0.0403. The van der Waals surface area contributed by atoms with Crippen LogP contribution in [0.3, 0.4) is 0 Å². The van der Waals surface area contributed by atoms with E-state index in [0.717, 1.165) is 11.0 Å². The van der Waals surface area contributed by atoms with Crippen molar-refractivity contribution in [3.8, 4) is 0 Å². The monoisotopic (exact) mass is 300 g/mol. The predicted molar refractivity (Wildman–Crippen MR) is 70.6 cm³/mol. The Kier molecular flexibility index (Phi) is 3.69. The summed E-state index contributed by atoms with van der Waals surface area (Å²) < 4.78 is 39.2. The summed E-state index contributed by atoms with van der Waals surface area (Å²) in [7, 11) is 0. The van der Waals surface area contributed by atoms with Crippen LogP contribution in [0.25, 0.3) is 0 Å². The van der Waals surface area contributed by atoms with Gasteiger partial charge in [-0.1, -0.05) is 12.1 Å². The molecule has 0 spiro atoms. The Bertz CT molecular complexity index is 582. The van der Waals surface area contributed by atoms with Gasteiger partial charge in [-0.3, -0.25) is 9.59 Å². The number of carbonyl (C=O) groups excluding carboxylic acids is 2. The number of alkyl halides is 3. The minimum Gasteiger partial charge on any atom is -0.342 e. The van der Waals surface area contributed by atoms with E-state index >= 15 is 0 Å². The molecule has 0 aromatic heterocycles. The molecule has 7 heteroatoms. The predicted octanol–water partition coefficient (Wildman–Crippen LogP) is 2.34. The second-order valence-corrected chi connectivity index (χ2v) is 5.39. The van der Waals surface area contributed by atoms with Gasteiger partial charge in [0.2, 0.25) is 5.91 Å². The van der Waals surface area contributed by atoms with E-state index in [9.17, 15) is 22.8 Å². The average Bonchev–Trinajstić information content (AvgIpc) is 2.46. The van der Waals surface area contributed by atoms with E-state index in [1.54, 1.807) is 0 Å². The Labute approximate surface area is 119 Å². The van der Waals surface area contributed by atoms with Crippen molar-refractivity contribution >= 4 is 17.5 Å². The second-order valence-electron chi connectivity index (χ2n) is 5.39. The number of hydrogen-bond donors (Lipinski definition) is 1. The number of nitrogens with zero attached hydrogens (tertiary/aromatic N) is 1. The van der Waals surface area contributed by atoms with E-state index in [1.807, 2.05) is 0 Å². The molecule has 1 aliphatic rings. The van der Waals surface area contributed by atoms with Crippen LogP contribution in [-0.4, -0.2) is 23.9 Å². The molecule has 1 saturated heterocycles. The number of carbonyl (C=O) groups is 2. The smallest absolute Gasteiger partial charge is 0.342 e. The van der Waals surface area contributed by atoms with Gasteiger partial charge in [0.25, 0.3) is 5.91 Å². The van der Waals surface area contributed by atoms with Crippen molar-refractivity contribution in [1.82, 2.24) is 5.32 Å². The molecule has 2 rings (SSSR count). The summed E-state index contributed by atoms with van der Waals surface area (Å²) >= 11 is 0. The molecule has 114 valence electrons. The van der Waals surface area contributed by atoms with Gasteiger partial charge in [0, 0.05) is 13.0 Å². The minimum atomic E-state index is -4.56. The summed E-state index contributed by atoms with van der Waals surface area (Å²) in [5.74, 6) is -0.926. The number of para-hydroxylation sites is 1. The molecular weight excluding hydrogens is 285 g/mol. The first kappa shape index (κ1) is 15.3.